The number of aromatic nitrogens is 1. The molecule has 108 valence electrons. The molecule has 0 saturated heterocycles. The summed E-state index contributed by atoms with van der Waals surface area (Å²) in [4.78, 5) is 4.33. The molecule has 2 rings (SSSR count). The Bertz CT molecular complexity index is 670. The van der Waals surface area contributed by atoms with Crippen molar-refractivity contribution in [3.8, 4) is 22.9 Å². The van der Waals surface area contributed by atoms with E-state index in [4.69, 9.17) is 10.5 Å². The molecular weight excluding hydrogens is 262 g/mol. The lowest BCUT2D eigenvalue weighted by Crippen LogP contribution is -2.04. The van der Waals surface area contributed by atoms with Gasteiger partial charge in [-0.05, 0) is 36.1 Å². The van der Waals surface area contributed by atoms with Crippen molar-refractivity contribution in [1.82, 2.24) is 4.98 Å². The molecule has 0 aliphatic carbocycles. The summed E-state index contributed by atoms with van der Waals surface area (Å²) in [7, 11) is 1.63. The second kappa shape index (κ2) is 6.27. The molecule has 0 unspecified atom stereocenters. The predicted octanol–water partition coefficient (Wildman–Crippen LogP) is 3.41. The summed E-state index contributed by atoms with van der Waals surface area (Å²) < 4.78 is 5.16. The van der Waals surface area contributed by atoms with Crippen LogP contribution in [-0.4, -0.2) is 12.1 Å². The highest BCUT2D eigenvalue weighted by Crippen LogP contribution is 2.29. The fraction of sp³-hybridized carbons (Fsp3) is 0.294. The quantitative estimate of drug-likeness (QED) is 0.932. The van der Waals surface area contributed by atoms with Gasteiger partial charge in [-0.25, -0.2) is 4.98 Å². The number of hydrogen-bond acceptors (Lipinski definition) is 4. The second-order valence-corrected chi connectivity index (χ2v) is 5.36. The summed E-state index contributed by atoms with van der Waals surface area (Å²) in [6, 6.07) is 11.7. The number of nitrogens with zero attached hydrogens (tertiary/aromatic N) is 2. The molecule has 1 aromatic heterocycles. The van der Waals surface area contributed by atoms with Gasteiger partial charge in [0, 0.05) is 11.3 Å². The first kappa shape index (κ1) is 14.9. The Kier molecular flexibility index (Phi) is 4.44. The van der Waals surface area contributed by atoms with Gasteiger partial charge in [0.05, 0.1) is 7.11 Å². The molecule has 0 saturated carbocycles. The van der Waals surface area contributed by atoms with Crippen molar-refractivity contribution in [2.75, 3.05) is 12.8 Å². The Morgan fingerprint density at radius 3 is 2.48 bits per heavy atom. The number of ether oxygens (including phenoxy) is 1. The van der Waals surface area contributed by atoms with Crippen molar-refractivity contribution in [2.45, 2.75) is 20.3 Å². The molecule has 0 atom stereocenters. The number of nitriles is 1. The first-order valence-corrected chi connectivity index (χ1v) is 6.89. The molecule has 1 aromatic carbocycles. The van der Waals surface area contributed by atoms with Crippen LogP contribution in [-0.2, 0) is 6.42 Å². The van der Waals surface area contributed by atoms with Gasteiger partial charge < -0.3 is 10.5 Å². The average Bonchev–Trinajstić information content (AvgIpc) is 2.46. The van der Waals surface area contributed by atoms with Gasteiger partial charge >= 0.3 is 0 Å². The maximum atomic E-state index is 9.34. The van der Waals surface area contributed by atoms with Gasteiger partial charge in [-0.3, -0.25) is 0 Å². The van der Waals surface area contributed by atoms with E-state index in [1.54, 1.807) is 7.11 Å². The number of methoxy groups -OCH3 is 1. The van der Waals surface area contributed by atoms with Crippen molar-refractivity contribution >= 4 is 5.82 Å². The SMILES string of the molecule is COc1ccc(-c2cc(CC(C)C)nc(N)c2C#N)cc1. The van der Waals surface area contributed by atoms with Gasteiger partial charge in [-0.2, -0.15) is 5.26 Å². The summed E-state index contributed by atoms with van der Waals surface area (Å²) >= 11 is 0. The van der Waals surface area contributed by atoms with Gasteiger partial charge in [0.1, 0.15) is 23.2 Å². The van der Waals surface area contributed by atoms with Gasteiger partial charge in [0.15, 0.2) is 0 Å². The summed E-state index contributed by atoms with van der Waals surface area (Å²) in [6.07, 6.45) is 0.832. The fourth-order valence-corrected chi connectivity index (χ4v) is 2.26. The molecule has 0 radical (unpaired) electrons. The number of nitrogen functional groups attached to an aromatic ring is 1. The molecule has 4 nitrogen and oxygen atoms in total. The van der Waals surface area contributed by atoms with Crippen LogP contribution in [0.5, 0.6) is 5.75 Å². The summed E-state index contributed by atoms with van der Waals surface area (Å²) in [5.41, 5.74) is 9.04. The third-order valence-corrected chi connectivity index (χ3v) is 3.23. The highest BCUT2D eigenvalue weighted by Gasteiger charge is 2.13. The monoisotopic (exact) mass is 281 g/mol. The van der Waals surface area contributed by atoms with Gasteiger partial charge in [0.2, 0.25) is 0 Å². The third-order valence-electron chi connectivity index (χ3n) is 3.23. The van der Waals surface area contributed by atoms with E-state index < -0.39 is 0 Å². The molecule has 2 N–H and O–H groups in total. The number of rotatable bonds is 4. The minimum absolute atomic E-state index is 0.293. The molecule has 0 aliphatic heterocycles. The fourth-order valence-electron chi connectivity index (χ4n) is 2.26. The zero-order chi connectivity index (χ0) is 15.4. The van der Waals surface area contributed by atoms with Crippen molar-refractivity contribution in [1.29, 1.82) is 5.26 Å². The maximum absolute atomic E-state index is 9.34. The van der Waals surface area contributed by atoms with Crippen LogP contribution < -0.4 is 10.5 Å². The van der Waals surface area contributed by atoms with Crippen molar-refractivity contribution in [2.24, 2.45) is 5.92 Å². The predicted molar refractivity (Wildman–Crippen MR) is 83.9 cm³/mol. The first-order chi connectivity index (χ1) is 10.0. The highest BCUT2D eigenvalue weighted by atomic mass is 16.5. The zero-order valence-electron chi connectivity index (χ0n) is 12.6. The standard InChI is InChI=1S/C17H19N3O/c1-11(2)8-13-9-15(16(10-18)17(19)20-13)12-4-6-14(21-3)7-5-12/h4-7,9,11H,8H2,1-3H3,(H2,19,20). The van der Waals surface area contributed by atoms with E-state index in [1.807, 2.05) is 30.3 Å². The van der Waals surface area contributed by atoms with Crippen molar-refractivity contribution in [3.05, 3.63) is 41.6 Å². The Morgan fingerprint density at radius 2 is 1.95 bits per heavy atom. The summed E-state index contributed by atoms with van der Waals surface area (Å²) in [5.74, 6) is 1.55. The van der Waals surface area contributed by atoms with Crippen LogP contribution in [0.2, 0.25) is 0 Å². The van der Waals surface area contributed by atoms with Gasteiger partial charge in [-0.1, -0.05) is 26.0 Å². The van der Waals surface area contributed by atoms with E-state index in [1.165, 1.54) is 0 Å². The Balaban J connectivity index is 2.53. The van der Waals surface area contributed by atoms with Crippen LogP contribution in [0.15, 0.2) is 30.3 Å². The number of benzene rings is 1. The Labute approximate surface area is 125 Å². The van der Waals surface area contributed by atoms with Gasteiger partial charge in [0.25, 0.3) is 0 Å². The Morgan fingerprint density at radius 1 is 1.29 bits per heavy atom. The van der Waals surface area contributed by atoms with E-state index >= 15 is 0 Å². The molecule has 0 spiro atoms. The molecule has 0 aliphatic rings. The van der Waals surface area contributed by atoms with Crippen LogP contribution in [0.4, 0.5) is 5.82 Å². The minimum Gasteiger partial charge on any atom is -0.497 e. The lowest BCUT2D eigenvalue weighted by molar-refractivity contribution is 0.415. The number of anilines is 1. The summed E-state index contributed by atoms with van der Waals surface area (Å²) in [6.45, 7) is 4.26. The van der Waals surface area contributed by atoms with Crippen LogP contribution in [0.1, 0.15) is 25.1 Å². The second-order valence-electron chi connectivity index (χ2n) is 5.36. The minimum atomic E-state index is 0.293. The largest absolute Gasteiger partial charge is 0.497 e. The number of pyridine rings is 1. The lowest BCUT2D eigenvalue weighted by Gasteiger charge is -2.11. The van der Waals surface area contributed by atoms with E-state index in [-0.39, 0.29) is 0 Å². The van der Waals surface area contributed by atoms with E-state index in [0.717, 1.165) is 29.0 Å². The van der Waals surface area contributed by atoms with Gasteiger partial charge in [-0.15, -0.1) is 0 Å². The molecule has 1 heterocycles. The summed E-state index contributed by atoms with van der Waals surface area (Å²) in [5, 5.41) is 9.34. The number of hydrogen-bond donors (Lipinski definition) is 1. The van der Waals surface area contributed by atoms with Crippen LogP contribution in [0.3, 0.4) is 0 Å². The molecule has 0 amide bonds. The lowest BCUT2D eigenvalue weighted by atomic mass is 9.98. The smallest absolute Gasteiger partial charge is 0.142 e. The van der Waals surface area contributed by atoms with Crippen LogP contribution in [0.25, 0.3) is 11.1 Å². The first-order valence-electron chi connectivity index (χ1n) is 6.89. The molecule has 0 bridgehead atoms. The molecule has 2 aromatic rings. The number of nitrogens with two attached hydrogens (primary N) is 1. The Hall–Kier alpha value is -2.54. The molecule has 21 heavy (non-hydrogen) atoms. The van der Waals surface area contributed by atoms with Crippen LogP contribution in [0, 0.1) is 17.2 Å². The van der Waals surface area contributed by atoms with Crippen LogP contribution >= 0.6 is 0 Å². The van der Waals surface area contributed by atoms with E-state index in [0.29, 0.717) is 17.3 Å². The normalized spacial score (nSPS) is 10.4. The van der Waals surface area contributed by atoms with E-state index in [2.05, 4.69) is 24.9 Å². The molecule has 0 fully saturated rings. The van der Waals surface area contributed by atoms with Crippen molar-refractivity contribution < 1.29 is 4.74 Å². The third kappa shape index (κ3) is 3.32. The topological polar surface area (TPSA) is 71.9 Å². The maximum Gasteiger partial charge on any atom is 0.142 e. The van der Waals surface area contributed by atoms with E-state index in [9.17, 15) is 5.26 Å². The van der Waals surface area contributed by atoms with Crippen molar-refractivity contribution in [3.63, 3.8) is 0 Å². The molecule has 4 heteroatoms. The average molecular weight is 281 g/mol. The highest BCUT2D eigenvalue weighted by molar-refractivity contribution is 5.76. The molecular formula is C17H19N3O. The zero-order valence-corrected chi connectivity index (χ0v) is 12.6.